The van der Waals surface area contributed by atoms with Gasteiger partial charge < -0.3 is 10.2 Å². The molecule has 0 bridgehead atoms. The number of carbonyl (C=O) groups is 1. The summed E-state index contributed by atoms with van der Waals surface area (Å²) in [5.74, 6) is 0.753. The van der Waals surface area contributed by atoms with Gasteiger partial charge >= 0.3 is 0 Å². The van der Waals surface area contributed by atoms with Crippen LogP contribution in [0.15, 0.2) is 30.3 Å². The molecule has 4 heteroatoms. The third-order valence-electron chi connectivity index (χ3n) is 4.93. The molecule has 1 heterocycles. The third-order valence-corrected chi connectivity index (χ3v) is 4.93. The summed E-state index contributed by atoms with van der Waals surface area (Å²) >= 11 is 0. The minimum Gasteiger partial charge on any atom is -0.339 e. The van der Waals surface area contributed by atoms with Gasteiger partial charge in [0.1, 0.15) is 6.17 Å². The molecule has 0 aromatic heterocycles. The topological polar surface area (TPSA) is 32.3 Å². The normalized spacial score (nSPS) is 28.2. The summed E-state index contributed by atoms with van der Waals surface area (Å²) in [7, 11) is 0. The Labute approximate surface area is 131 Å². The average molecular weight is 304 g/mol. The maximum atomic E-state index is 13.1. The van der Waals surface area contributed by atoms with Gasteiger partial charge in [-0.25, -0.2) is 4.39 Å². The van der Waals surface area contributed by atoms with Crippen molar-refractivity contribution in [1.82, 2.24) is 10.2 Å². The Morgan fingerprint density at radius 2 is 2.05 bits per heavy atom. The molecule has 3 atom stereocenters. The monoisotopic (exact) mass is 304 g/mol. The molecule has 1 N–H and O–H groups in total. The molecule has 1 saturated heterocycles. The van der Waals surface area contributed by atoms with Crippen molar-refractivity contribution in [1.29, 1.82) is 0 Å². The molecule has 3 rings (SSSR count). The fourth-order valence-electron chi connectivity index (χ4n) is 3.68. The maximum Gasteiger partial charge on any atom is 0.236 e. The molecule has 1 aromatic rings. The predicted molar refractivity (Wildman–Crippen MR) is 85.4 cm³/mol. The number of amides is 1. The first-order valence-electron chi connectivity index (χ1n) is 8.40. The number of halogens is 1. The molecule has 1 amide bonds. The van der Waals surface area contributed by atoms with E-state index in [9.17, 15) is 9.18 Å². The predicted octanol–water partition coefficient (Wildman–Crippen LogP) is 2.56. The second-order valence-electron chi connectivity index (χ2n) is 6.67. The minimum atomic E-state index is -0.828. The van der Waals surface area contributed by atoms with Crippen LogP contribution in [-0.2, 0) is 11.2 Å². The Morgan fingerprint density at radius 3 is 2.77 bits per heavy atom. The number of hydrogen-bond acceptors (Lipinski definition) is 2. The van der Waals surface area contributed by atoms with Crippen LogP contribution in [0.5, 0.6) is 0 Å². The Bertz CT molecular complexity index is 493. The molecule has 1 aliphatic heterocycles. The summed E-state index contributed by atoms with van der Waals surface area (Å²) in [5.41, 5.74) is 1.40. The standard InChI is InChI=1S/C18H25FN2O/c19-16-8-9-21(13-16)18(22)12-20-17-7-6-15(11-17)10-14-4-2-1-3-5-14/h1-5,15-17,20H,6-13H2/t15-,16+,17-/m1/s1. The fourth-order valence-corrected chi connectivity index (χ4v) is 3.68. The van der Waals surface area contributed by atoms with Crippen molar-refractivity contribution in [2.45, 2.75) is 44.3 Å². The summed E-state index contributed by atoms with van der Waals surface area (Å²) in [4.78, 5) is 13.7. The Morgan fingerprint density at radius 1 is 1.23 bits per heavy atom. The Hall–Kier alpha value is -1.42. The van der Waals surface area contributed by atoms with Crippen LogP contribution >= 0.6 is 0 Å². The molecule has 0 unspecified atom stereocenters. The van der Waals surface area contributed by atoms with Crippen molar-refractivity contribution in [3.05, 3.63) is 35.9 Å². The Balaban J connectivity index is 1.39. The third kappa shape index (κ3) is 4.07. The van der Waals surface area contributed by atoms with Gasteiger partial charge in [-0.1, -0.05) is 30.3 Å². The number of benzene rings is 1. The summed E-state index contributed by atoms with van der Waals surface area (Å²) in [6, 6.07) is 11.0. The molecule has 0 spiro atoms. The summed E-state index contributed by atoms with van der Waals surface area (Å²) in [6.45, 7) is 1.21. The van der Waals surface area contributed by atoms with Gasteiger partial charge in [0.25, 0.3) is 0 Å². The molecular weight excluding hydrogens is 279 g/mol. The lowest BCUT2D eigenvalue weighted by atomic mass is 9.98. The first-order chi connectivity index (χ1) is 10.7. The van der Waals surface area contributed by atoms with Crippen molar-refractivity contribution >= 4 is 5.91 Å². The smallest absolute Gasteiger partial charge is 0.236 e. The van der Waals surface area contributed by atoms with E-state index in [1.165, 1.54) is 12.0 Å². The highest BCUT2D eigenvalue weighted by atomic mass is 19.1. The highest BCUT2D eigenvalue weighted by Gasteiger charge is 2.28. The molecule has 120 valence electrons. The fraction of sp³-hybridized carbons (Fsp3) is 0.611. The van der Waals surface area contributed by atoms with Gasteiger partial charge in [0.2, 0.25) is 5.91 Å². The highest BCUT2D eigenvalue weighted by Crippen LogP contribution is 2.28. The van der Waals surface area contributed by atoms with Crippen molar-refractivity contribution < 1.29 is 9.18 Å². The molecule has 2 fully saturated rings. The molecule has 3 nitrogen and oxygen atoms in total. The van der Waals surface area contributed by atoms with E-state index in [1.54, 1.807) is 4.90 Å². The van der Waals surface area contributed by atoms with Crippen LogP contribution < -0.4 is 5.32 Å². The summed E-state index contributed by atoms with van der Waals surface area (Å²) in [5, 5.41) is 3.38. The van der Waals surface area contributed by atoms with Gasteiger partial charge in [0, 0.05) is 12.6 Å². The van der Waals surface area contributed by atoms with Crippen LogP contribution in [0.25, 0.3) is 0 Å². The lowest BCUT2D eigenvalue weighted by molar-refractivity contribution is -0.129. The number of rotatable bonds is 5. The van der Waals surface area contributed by atoms with E-state index in [0.717, 1.165) is 19.3 Å². The first kappa shape index (κ1) is 15.5. The molecule has 1 saturated carbocycles. The zero-order valence-electron chi connectivity index (χ0n) is 13.0. The van der Waals surface area contributed by atoms with Gasteiger partial charge in [0.15, 0.2) is 0 Å². The zero-order chi connectivity index (χ0) is 15.4. The summed E-state index contributed by atoms with van der Waals surface area (Å²) < 4.78 is 13.1. The number of hydrogen-bond donors (Lipinski definition) is 1. The van der Waals surface area contributed by atoms with E-state index in [1.807, 2.05) is 0 Å². The van der Waals surface area contributed by atoms with Gasteiger partial charge in [-0.3, -0.25) is 4.79 Å². The quantitative estimate of drug-likeness (QED) is 0.907. The van der Waals surface area contributed by atoms with Gasteiger partial charge in [-0.2, -0.15) is 0 Å². The molecule has 0 radical (unpaired) electrons. The maximum absolute atomic E-state index is 13.1. The van der Waals surface area contributed by atoms with Crippen LogP contribution in [0.3, 0.4) is 0 Å². The number of alkyl halides is 1. The second kappa shape index (κ2) is 7.23. The number of nitrogens with one attached hydrogen (secondary N) is 1. The number of likely N-dealkylation sites (tertiary alicyclic amines) is 1. The molecule has 1 aromatic carbocycles. The Kier molecular flexibility index (Phi) is 5.08. The van der Waals surface area contributed by atoms with E-state index < -0.39 is 6.17 Å². The second-order valence-corrected chi connectivity index (χ2v) is 6.67. The average Bonchev–Trinajstić information content (AvgIpc) is 3.15. The first-order valence-corrected chi connectivity index (χ1v) is 8.40. The SMILES string of the molecule is O=C(CN[C@@H]1CC[C@H](Cc2ccccc2)C1)N1CC[C@H](F)C1. The van der Waals surface area contributed by atoms with E-state index in [2.05, 4.69) is 35.6 Å². The van der Waals surface area contributed by atoms with Crippen molar-refractivity contribution in [3.63, 3.8) is 0 Å². The lowest BCUT2D eigenvalue weighted by Gasteiger charge is -2.18. The van der Waals surface area contributed by atoms with Crippen molar-refractivity contribution in [2.75, 3.05) is 19.6 Å². The van der Waals surface area contributed by atoms with Crippen LogP contribution in [0.4, 0.5) is 4.39 Å². The number of carbonyl (C=O) groups excluding carboxylic acids is 1. The van der Waals surface area contributed by atoms with E-state index in [4.69, 9.17) is 0 Å². The minimum absolute atomic E-state index is 0.0478. The van der Waals surface area contributed by atoms with Crippen LogP contribution in [0.1, 0.15) is 31.2 Å². The van der Waals surface area contributed by atoms with Gasteiger partial charge in [-0.15, -0.1) is 0 Å². The zero-order valence-corrected chi connectivity index (χ0v) is 13.0. The van der Waals surface area contributed by atoms with Crippen molar-refractivity contribution in [3.8, 4) is 0 Å². The summed E-state index contributed by atoms with van der Waals surface area (Å²) in [6.07, 6.45) is 4.28. The molecule has 22 heavy (non-hydrogen) atoms. The van der Waals surface area contributed by atoms with Gasteiger partial charge in [0.05, 0.1) is 13.1 Å². The molecule has 1 aliphatic carbocycles. The molecular formula is C18H25FN2O. The van der Waals surface area contributed by atoms with Gasteiger partial charge in [-0.05, 0) is 43.6 Å². The van der Waals surface area contributed by atoms with Crippen LogP contribution in [0.2, 0.25) is 0 Å². The van der Waals surface area contributed by atoms with E-state index in [-0.39, 0.29) is 12.5 Å². The van der Waals surface area contributed by atoms with Crippen LogP contribution in [0, 0.1) is 5.92 Å². The number of nitrogens with zero attached hydrogens (tertiary/aromatic N) is 1. The highest BCUT2D eigenvalue weighted by molar-refractivity contribution is 5.78. The van der Waals surface area contributed by atoms with Crippen LogP contribution in [-0.4, -0.2) is 42.7 Å². The van der Waals surface area contributed by atoms with E-state index in [0.29, 0.717) is 31.5 Å². The van der Waals surface area contributed by atoms with E-state index >= 15 is 0 Å². The van der Waals surface area contributed by atoms with Crippen molar-refractivity contribution in [2.24, 2.45) is 5.92 Å². The molecule has 2 aliphatic rings. The largest absolute Gasteiger partial charge is 0.339 e. The lowest BCUT2D eigenvalue weighted by Crippen LogP contribution is -2.40.